The van der Waals surface area contributed by atoms with Gasteiger partial charge in [-0.2, -0.15) is 0 Å². The minimum absolute atomic E-state index is 0.160. The second kappa shape index (κ2) is 7.00. The van der Waals surface area contributed by atoms with Gasteiger partial charge in [0, 0.05) is 31.1 Å². The van der Waals surface area contributed by atoms with Crippen LogP contribution in [-0.4, -0.2) is 49.8 Å². The number of terminal acetylenes is 1. The second-order valence-electron chi connectivity index (χ2n) is 5.19. The lowest BCUT2D eigenvalue weighted by molar-refractivity contribution is -0.0236. The van der Waals surface area contributed by atoms with Crippen LogP contribution in [0.5, 0.6) is 0 Å². The zero-order valence-corrected chi connectivity index (χ0v) is 11.5. The normalized spacial score (nSPS) is 19.9. The maximum Gasteiger partial charge on any atom is 0.0594 e. The summed E-state index contributed by atoms with van der Waals surface area (Å²) in [4.78, 5) is 2.52. The fourth-order valence-corrected chi connectivity index (χ4v) is 2.62. The Kier molecular flexibility index (Phi) is 5.97. The Morgan fingerprint density at radius 1 is 1.41 bits per heavy atom. The lowest BCUT2D eigenvalue weighted by Crippen LogP contribution is -2.59. The number of morpholine rings is 1. The molecule has 1 saturated heterocycles. The second-order valence-corrected chi connectivity index (χ2v) is 5.19. The molecule has 1 aliphatic heterocycles. The van der Waals surface area contributed by atoms with Gasteiger partial charge in [0.15, 0.2) is 0 Å². The number of ether oxygens (including phenoxy) is 1. The van der Waals surface area contributed by atoms with Crippen molar-refractivity contribution >= 4 is 0 Å². The van der Waals surface area contributed by atoms with E-state index in [4.69, 9.17) is 11.2 Å². The summed E-state index contributed by atoms with van der Waals surface area (Å²) in [6.45, 7) is 8.39. The van der Waals surface area contributed by atoms with Crippen LogP contribution in [0.3, 0.4) is 0 Å². The minimum Gasteiger partial charge on any atom is -0.379 e. The topological polar surface area (TPSA) is 24.5 Å². The van der Waals surface area contributed by atoms with Crippen LogP contribution in [0.2, 0.25) is 0 Å². The van der Waals surface area contributed by atoms with Crippen molar-refractivity contribution in [3.8, 4) is 12.3 Å². The molecule has 0 aliphatic carbocycles. The molecule has 1 aliphatic rings. The van der Waals surface area contributed by atoms with E-state index in [1.807, 2.05) is 7.05 Å². The number of hydrogen-bond donors (Lipinski definition) is 1. The van der Waals surface area contributed by atoms with Crippen LogP contribution < -0.4 is 5.32 Å². The third-order valence-corrected chi connectivity index (χ3v) is 3.84. The van der Waals surface area contributed by atoms with Crippen molar-refractivity contribution in [3.05, 3.63) is 0 Å². The zero-order chi connectivity index (χ0) is 12.7. The molecule has 1 fully saturated rings. The Bertz CT molecular complexity index is 251. The molecule has 1 rings (SSSR count). The number of rotatable bonds is 6. The number of unbranched alkanes of at least 4 members (excludes halogenated alkanes) is 1. The maximum atomic E-state index is 5.42. The zero-order valence-electron chi connectivity index (χ0n) is 11.5. The molecule has 0 radical (unpaired) electrons. The first-order chi connectivity index (χ1) is 8.12. The average molecular weight is 238 g/mol. The molecule has 0 amide bonds. The van der Waals surface area contributed by atoms with E-state index in [1.165, 1.54) is 0 Å². The van der Waals surface area contributed by atoms with Crippen LogP contribution >= 0.6 is 0 Å². The molecule has 98 valence electrons. The monoisotopic (exact) mass is 238 g/mol. The Morgan fingerprint density at radius 2 is 2.06 bits per heavy atom. The third-order valence-electron chi connectivity index (χ3n) is 3.84. The lowest BCUT2D eigenvalue weighted by Gasteiger charge is -2.45. The van der Waals surface area contributed by atoms with E-state index in [1.54, 1.807) is 0 Å². The molecule has 1 heterocycles. The average Bonchev–Trinajstić information content (AvgIpc) is 2.35. The Morgan fingerprint density at radius 3 is 2.59 bits per heavy atom. The van der Waals surface area contributed by atoms with Gasteiger partial charge in [-0.3, -0.25) is 4.90 Å². The van der Waals surface area contributed by atoms with E-state index >= 15 is 0 Å². The summed E-state index contributed by atoms with van der Waals surface area (Å²) in [6.07, 6.45) is 8.41. The maximum absolute atomic E-state index is 5.42. The van der Waals surface area contributed by atoms with Gasteiger partial charge in [0.1, 0.15) is 0 Å². The molecule has 0 aromatic rings. The first kappa shape index (κ1) is 14.5. The molecule has 0 saturated carbocycles. The Labute approximate surface area is 106 Å². The smallest absolute Gasteiger partial charge is 0.0594 e. The van der Waals surface area contributed by atoms with Crippen LogP contribution in [0.25, 0.3) is 0 Å². The highest BCUT2D eigenvalue weighted by atomic mass is 16.5. The van der Waals surface area contributed by atoms with E-state index < -0.39 is 0 Å². The fraction of sp³-hybridized carbons (Fsp3) is 0.857. The van der Waals surface area contributed by atoms with Gasteiger partial charge in [0.05, 0.1) is 13.2 Å². The van der Waals surface area contributed by atoms with Gasteiger partial charge in [0.25, 0.3) is 0 Å². The summed E-state index contributed by atoms with van der Waals surface area (Å²) in [5.41, 5.74) is 0.160. The largest absolute Gasteiger partial charge is 0.379 e. The first-order valence-electron chi connectivity index (χ1n) is 6.56. The van der Waals surface area contributed by atoms with Gasteiger partial charge in [-0.05, 0) is 33.7 Å². The predicted octanol–water partition coefficient (Wildman–Crippen LogP) is 1.49. The summed E-state index contributed by atoms with van der Waals surface area (Å²) in [6, 6.07) is 0.481. The number of nitrogens with one attached hydrogen (secondary N) is 1. The van der Waals surface area contributed by atoms with Crippen molar-refractivity contribution in [1.82, 2.24) is 10.2 Å². The van der Waals surface area contributed by atoms with Crippen molar-refractivity contribution in [2.75, 3.05) is 33.4 Å². The van der Waals surface area contributed by atoms with Crippen molar-refractivity contribution in [3.63, 3.8) is 0 Å². The number of likely N-dealkylation sites (N-methyl/N-ethyl adjacent to an activating group) is 1. The SMILES string of the molecule is C#CCCCC(NC)C(C)(C)N1CCOCC1. The third kappa shape index (κ3) is 3.99. The van der Waals surface area contributed by atoms with Gasteiger partial charge in [0.2, 0.25) is 0 Å². The molecule has 0 spiro atoms. The van der Waals surface area contributed by atoms with E-state index in [9.17, 15) is 0 Å². The Hall–Kier alpha value is -0.560. The molecule has 0 aromatic heterocycles. The van der Waals surface area contributed by atoms with E-state index in [0.29, 0.717) is 6.04 Å². The van der Waals surface area contributed by atoms with E-state index in [0.717, 1.165) is 45.6 Å². The van der Waals surface area contributed by atoms with Gasteiger partial charge in [-0.1, -0.05) is 0 Å². The number of nitrogens with zero attached hydrogens (tertiary/aromatic N) is 1. The van der Waals surface area contributed by atoms with E-state index in [2.05, 4.69) is 30.0 Å². The van der Waals surface area contributed by atoms with Gasteiger partial charge >= 0.3 is 0 Å². The van der Waals surface area contributed by atoms with Crippen LogP contribution in [-0.2, 0) is 4.74 Å². The lowest BCUT2D eigenvalue weighted by atomic mass is 9.88. The fourth-order valence-electron chi connectivity index (χ4n) is 2.62. The van der Waals surface area contributed by atoms with Crippen molar-refractivity contribution in [2.45, 2.75) is 44.7 Å². The molecule has 1 N–H and O–H groups in total. The first-order valence-corrected chi connectivity index (χ1v) is 6.56. The summed E-state index contributed by atoms with van der Waals surface area (Å²) in [5, 5.41) is 3.45. The summed E-state index contributed by atoms with van der Waals surface area (Å²) >= 11 is 0. The predicted molar refractivity (Wildman–Crippen MR) is 72.0 cm³/mol. The van der Waals surface area contributed by atoms with Crippen LogP contribution in [0.4, 0.5) is 0 Å². The molecular weight excluding hydrogens is 212 g/mol. The van der Waals surface area contributed by atoms with Gasteiger partial charge < -0.3 is 10.1 Å². The van der Waals surface area contributed by atoms with Crippen LogP contribution in [0, 0.1) is 12.3 Å². The van der Waals surface area contributed by atoms with Crippen molar-refractivity contribution < 1.29 is 4.74 Å². The highest BCUT2D eigenvalue weighted by molar-refractivity contribution is 4.94. The molecule has 0 aromatic carbocycles. The molecule has 17 heavy (non-hydrogen) atoms. The molecule has 3 nitrogen and oxygen atoms in total. The highest BCUT2D eigenvalue weighted by Gasteiger charge is 2.34. The summed E-state index contributed by atoms with van der Waals surface area (Å²) in [5.74, 6) is 2.72. The van der Waals surface area contributed by atoms with Crippen LogP contribution in [0.1, 0.15) is 33.1 Å². The van der Waals surface area contributed by atoms with Crippen molar-refractivity contribution in [2.24, 2.45) is 0 Å². The molecule has 1 atom stereocenters. The van der Waals surface area contributed by atoms with Gasteiger partial charge in [-0.15, -0.1) is 12.3 Å². The summed E-state index contributed by atoms with van der Waals surface area (Å²) < 4.78 is 5.42. The number of hydrogen-bond acceptors (Lipinski definition) is 3. The Balaban J connectivity index is 2.54. The quantitative estimate of drug-likeness (QED) is 0.560. The van der Waals surface area contributed by atoms with E-state index in [-0.39, 0.29) is 5.54 Å². The molecule has 1 unspecified atom stereocenters. The van der Waals surface area contributed by atoms with Crippen LogP contribution in [0.15, 0.2) is 0 Å². The van der Waals surface area contributed by atoms with Crippen molar-refractivity contribution in [1.29, 1.82) is 0 Å². The molecular formula is C14H26N2O. The standard InChI is InChI=1S/C14H26N2O/c1-5-6-7-8-13(15-4)14(2,3)16-9-11-17-12-10-16/h1,13,15H,6-12H2,2-4H3. The van der Waals surface area contributed by atoms with Gasteiger partial charge in [-0.25, -0.2) is 0 Å². The minimum atomic E-state index is 0.160. The highest BCUT2D eigenvalue weighted by Crippen LogP contribution is 2.23. The summed E-state index contributed by atoms with van der Waals surface area (Å²) in [7, 11) is 2.04. The molecule has 0 bridgehead atoms. The molecule has 3 heteroatoms.